The molecule has 4 nitrogen and oxygen atoms in total. The first-order valence-electron chi connectivity index (χ1n) is 7.77. The Morgan fingerprint density at radius 3 is 2.42 bits per heavy atom. The van der Waals surface area contributed by atoms with Crippen molar-refractivity contribution in [3.05, 3.63) is 0 Å². The van der Waals surface area contributed by atoms with E-state index in [0.29, 0.717) is 18.2 Å². The van der Waals surface area contributed by atoms with Crippen LogP contribution in [0.25, 0.3) is 0 Å². The van der Waals surface area contributed by atoms with Gasteiger partial charge in [-0.1, -0.05) is 0 Å². The molecule has 0 amide bonds. The molecule has 2 aliphatic rings. The maximum Gasteiger partial charge on any atom is 0.0678 e. The van der Waals surface area contributed by atoms with E-state index in [-0.39, 0.29) is 12.1 Å². The van der Waals surface area contributed by atoms with E-state index >= 15 is 0 Å². The smallest absolute Gasteiger partial charge is 0.0678 e. The quantitative estimate of drug-likeness (QED) is 0.733. The number of hydrogen-bond acceptors (Lipinski definition) is 4. The molecule has 2 rings (SSSR count). The van der Waals surface area contributed by atoms with E-state index in [1.165, 1.54) is 12.8 Å². The van der Waals surface area contributed by atoms with Crippen LogP contribution in [0.1, 0.15) is 46.5 Å². The van der Waals surface area contributed by atoms with Gasteiger partial charge in [-0.15, -0.1) is 0 Å². The van der Waals surface area contributed by atoms with Crippen molar-refractivity contribution in [2.24, 2.45) is 0 Å². The lowest BCUT2D eigenvalue weighted by Gasteiger charge is -2.36. The van der Waals surface area contributed by atoms with Gasteiger partial charge in [-0.3, -0.25) is 4.90 Å². The predicted molar refractivity (Wildman–Crippen MR) is 77.3 cm³/mol. The molecular formula is C15H30N2O2. The Bertz CT molecular complexity index is 273. The predicted octanol–water partition coefficient (Wildman–Crippen LogP) is 1.38. The van der Waals surface area contributed by atoms with Gasteiger partial charge in [-0.05, 0) is 53.0 Å². The van der Waals surface area contributed by atoms with Crippen molar-refractivity contribution in [2.75, 3.05) is 26.2 Å². The van der Waals surface area contributed by atoms with Crippen LogP contribution in [0.3, 0.4) is 0 Å². The van der Waals surface area contributed by atoms with Gasteiger partial charge < -0.3 is 15.2 Å². The highest BCUT2D eigenvalue weighted by molar-refractivity contribution is 4.92. The van der Waals surface area contributed by atoms with Gasteiger partial charge in [0, 0.05) is 24.7 Å². The van der Waals surface area contributed by atoms with Gasteiger partial charge in [-0.2, -0.15) is 0 Å². The molecule has 3 atom stereocenters. The molecule has 1 heterocycles. The van der Waals surface area contributed by atoms with E-state index in [0.717, 1.165) is 32.5 Å². The van der Waals surface area contributed by atoms with Crippen molar-refractivity contribution in [1.29, 1.82) is 0 Å². The topological polar surface area (TPSA) is 44.7 Å². The number of nitrogens with one attached hydrogen (secondary N) is 1. The summed E-state index contributed by atoms with van der Waals surface area (Å²) in [5.41, 5.74) is -0.0926. The first kappa shape index (κ1) is 15.2. The summed E-state index contributed by atoms with van der Waals surface area (Å²) in [5, 5.41) is 13.2. The molecule has 1 saturated heterocycles. The SMILES string of the molecule is CC1CN(CCCC(C)(CO)NC2CC2)CC(C)O1. The fraction of sp³-hybridized carbons (Fsp3) is 1.00. The summed E-state index contributed by atoms with van der Waals surface area (Å²) in [5.74, 6) is 0. The van der Waals surface area contributed by atoms with Crippen LogP contribution in [0.5, 0.6) is 0 Å². The summed E-state index contributed by atoms with van der Waals surface area (Å²) in [6.07, 6.45) is 5.41. The molecule has 1 aliphatic heterocycles. The van der Waals surface area contributed by atoms with Crippen molar-refractivity contribution < 1.29 is 9.84 Å². The molecular weight excluding hydrogens is 240 g/mol. The third-order valence-electron chi connectivity index (χ3n) is 4.18. The summed E-state index contributed by atoms with van der Waals surface area (Å²) in [6, 6.07) is 0.653. The summed E-state index contributed by atoms with van der Waals surface area (Å²) >= 11 is 0. The molecule has 3 unspecified atom stereocenters. The van der Waals surface area contributed by atoms with Gasteiger partial charge in [0.15, 0.2) is 0 Å². The van der Waals surface area contributed by atoms with Gasteiger partial charge in [0.2, 0.25) is 0 Å². The highest BCUT2D eigenvalue weighted by Crippen LogP contribution is 2.24. The maximum atomic E-state index is 9.59. The van der Waals surface area contributed by atoms with Crippen molar-refractivity contribution in [1.82, 2.24) is 10.2 Å². The zero-order chi connectivity index (χ0) is 13.9. The van der Waals surface area contributed by atoms with Gasteiger partial charge in [0.1, 0.15) is 0 Å². The first-order chi connectivity index (χ1) is 9.00. The molecule has 0 bridgehead atoms. The Labute approximate surface area is 117 Å². The minimum atomic E-state index is -0.0926. The van der Waals surface area contributed by atoms with E-state index in [1.54, 1.807) is 0 Å². The number of hydrogen-bond donors (Lipinski definition) is 2. The average Bonchev–Trinajstić information content (AvgIpc) is 3.11. The fourth-order valence-electron chi connectivity index (χ4n) is 3.08. The normalized spacial score (nSPS) is 32.2. The summed E-state index contributed by atoms with van der Waals surface area (Å²) in [4.78, 5) is 2.49. The number of aliphatic hydroxyl groups excluding tert-OH is 1. The first-order valence-corrected chi connectivity index (χ1v) is 7.77. The van der Waals surface area contributed by atoms with E-state index in [1.807, 2.05) is 0 Å². The zero-order valence-corrected chi connectivity index (χ0v) is 12.7. The van der Waals surface area contributed by atoms with E-state index < -0.39 is 0 Å². The Balaban J connectivity index is 1.69. The molecule has 1 aliphatic carbocycles. The van der Waals surface area contributed by atoms with Crippen molar-refractivity contribution in [2.45, 2.75) is 70.2 Å². The minimum absolute atomic E-state index is 0.0926. The number of morpholine rings is 1. The summed E-state index contributed by atoms with van der Waals surface area (Å²) in [7, 11) is 0. The molecule has 0 radical (unpaired) electrons. The number of aliphatic hydroxyl groups is 1. The number of rotatable bonds is 7. The van der Waals surface area contributed by atoms with E-state index in [4.69, 9.17) is 4.74 Å². The van der Waals surface area contributed by atoms with Gasteiger partial charge in [0.25, 0.3) is 0 Å². The Kier molecular flexibility index (Phi) is 5.23. The van der Waals surface area contributed by atoms with Crippen molar-refractivity contribution in [3.8, 4) is 0 Å². The second-order valence-electron chi connectivity index (χ2n) is 6.76. The lowest BCUT2D eigenvalue weighted by molar-refractivity contribution is -0.0685. The lowest BCUT2D eigenvalue weighted by atomic mass is 9.96. The van der Waals surface area contributed by atoms with Crippen LogP contribution in [0.15, 0.2) is 0 Å². The van der Waals surface area contributed by atoms with Crippen LogP contribution in [-0.2, 0) is 4.74 Å². The van der Waals surface area contributed by atoms with Crippen LogP contribution in [-0.4, -0.2) is 60.0 Å². The second kappa shape index (κ2) is 6.53. The van der Waals surface area contributed by atoms with Crippen LogP contribution in [0.2, 0.25) is 0 Å². The molecule has 0 aromatic heterocycles. The molecule has 2 fully saturated rings. The van der Waals surface area contributed by atoms with Crippen LogP contribution >= 0.6 is 0 Å². The van der Waals surface area contributed by atoms with E-state index in [9.17, 15) is 5.11 Å². The van der Waals surface area contributed by atoms with Gasteiger partial charge >= 0.3 is 0 Å². The van der Waals surface area contributed by atoms with Gasteiger partial charge in [0.05, 0.1) is 18.8 Å². The molecule has 0 aromatic carbocycles. The standard InChI is InChI=1S/C15H30N2O2/c1-12-9-17(10-13(2)19-12)8-4-7-15(3,11-18)16-14-5-6-14/h12-14,16,18H,4-11H2,1-3H3. The Morgan fingerprint density at radius 2 is 1.89 bits per heavy atom. The number of ether oxygens (including phenoxy) is 1. The highest BCUT2D eigenvalue weighted by atomic mass is 16.5. The second-order valence-corrected chi connectivity index (χ2v) is 6.76. The van der Waals surface area contributed by atoms with E-state index in [2.05, 4.69) is 31.0 Å². The molecule has 112 valence electrons. The molecule has 4 heteroatoms. The third kappa shape index (κ3) is 5.03. The van der Waals surface area contributed by atoms with Crippen LogP contribution in [0, 0.1) is 0 Å². The molecule has 0 aromatic rings. The summed E-state index contributed by atoms with van der Waals surface area (Å²) in [6.45, 7) is 9.87. The molecule has 19 heavy (non-hydrogen) atoms. The van der Waals surface area contributed by atoms with Crippen molar-refractivity contribution in [3.63, 3.8) is 0 Å². The Hall–Kier alpha value is -0.160. The third-order valence-corrected chi connectivity index (χ3v) is 4.18. The molecule has 0 spiro atoms. The lowest BCUT2D eigenvalue weighted by Crippen LogP contribution is -2.48. The average molecular weight is 270 g/mol. The Morgan fingerprint density at radius 1 is 1.26 bits per heavy atom. The van der Waals surface area contributed by atoms with Crippen molar-refractivity contribution >= 4 is 0 Å². The molecule has 2 N–H and O–H groups in total. The highest BCUT2D eigenvalue weighted by Gasteiger charge is 2.32. The number of nitrogens with zero attached hydrogens (tertiary/aromatic N) is 1. The summed E-state index contributed by atoms with van der Waals surface area (Å²) < 4.78 is 5.75. The van der Waals surface area contributed by atoms with Gasteiger partial charge in [-0.25, -0.2) is 0 Å². The zero-order valence-electron chi connectivity index (χ0n) is 12.7. The van der Waals surface area contributed by atoms with Crippen LogP contribution < -0.4 is 5.32 Å². The maximum absolute atomic E-state index is 9.59. The largest absolute Gasteiger partial charge is 0.394 e. The molecule has 1 saturated carbocycles. The minimum Gasteiger partial charge on any atom is -0.394 e. The van der Waals surface area contributed by atoms with Crippen LogP contribution in [0.4, 0.5) is 0 Å². The monoisotopic (exact) mass is 270 g/mol. The fourth-order valence-corrected chi connectivity index (χ4v) is 3.08.